The van der Waals surface area contributed by atoms with Crippen molar-refractivity contribution in [1.29, 1.82) is 0 Å². The van der Waals surface area contributed by atoms with E-state index in [1.165, 1.54) is 6.21 Å². The fourth-order valence-corrected chi connectivity index (χ4v) is 3.29. The number of halogens is 2. The van der Waals surface area contributed by atoms with Gasteiger partial charge in [0.2, 0.25) is 0 Å². The predicted octanol–water partition coefficient (Wildman–Crippen LogP) is 5.20. The van der Waals surface area contributed by atoms with E-state index in [1.807, 2.05) is 6.92 Å². The lowest BCUT2D eigenvalue weighted by atomic mass is 10.2. The SMILES string of the molecule is CCCOc1ccc(C(=O)Oc2ccc(Br)cc2/C=N\NC(=O)C(=O)Nc2ccccc2Cl)cc1. The summed E-state index contributed by atoms with van der Waals surface area (Å²) in [4.78, 5) is 36.7. The average Bonchev–Trinajstić information content (AvgIpc) is 2.85. The zero-order chi connectivity index (χ0) is 25.2. The molecule has 0 heterocycles. The van der Waals surface area contributed by atoms with E-state index in [1.54, 1.807) is 66.7 Å². The molecule has 3 aromatic carbocycles. The Morgan fingerprint density at radius 1 is 1.03 bits per heavy atom. The van der Waals surface area contributed by atoms with Crippen LogP contribution in [0.3, 0.4) is 0 Å². The molecule has 0 aliphatic heterocycles. The van der Waals surface area contributed by atoms with E-state index in [4.69, 9.17) is 21.1 Å². The van der Waals surface area contributed by atoms with E-state index in [0.717, 1.165) is 6.42 Å². The molecule has 10 heteroatoms. The molecule has 180 valence electrons. The molecule has 2 amide bonds. The molecule has 0 saturated heterocycles. The van der Waals surface area contributed by atoms with E-state index in [-0.39, 0.29) is 5.75 Å². The first-order chi connectivity index (χ1) is 16.9. The van der Waals surface area contributed by atoms with Crippen LogP contribution in [0.25, 0.3) is 0 Å². The van der Waals surface area contributed by atoms with Gasteiger partial charge in [-0.2, -0.15) is 5.10 Å². The number of anilines is 1. The van der Waals surface area contributed by atoms with Crippen LogP contribution in [0.1, 0.15) is 29.3 Å². The summed E-state index contributed by atoms with van der Waals surface area (Å²) in [5, 5.41) is 6.49. The molecule has 0 bridgehead atoms. The third kappa shape index (κ3) is 7.66. The van der Waals surface area contributed by atoms with Crippen LogP contribution in [0, 0.1) is 0 Å². The molecule has 35 heavy (non-hydrogen) atoms. The molecule has 0 unspecified atom stereocenters. The van der Waals surface area contributed by atoms with Gasteiger partial charge >= 0.3 is 17.8 Å². The number of hydrazone groups is 1. The van der Waals surface area contributed by atoms with Crippen LogP contribution < -0.4 is 20.2 Å². The average molecular weight is 559 g/mol. The molecule has 8 nitrogen and oxygen atoms in total. The maximum atomic E-state index is 12.6. The highest BCUT2D eigenvalue weighted by Crippen LogP contribution is 2.24. The van der Waals surface area contributed by atoms with Crippen molar-refractivity contribution >= 4 is 57.2 Å². The number of nitrogens with zero attached hydrogens (tertiary/aromatic N) is 1. The first-order valence-electron chi connectivity index (χ1n) is 10.5. The second-order valence-corrected chi connectivity index (χ2v) is 8.40. The standard InChI is InChI=1S/C25H21BrClN3O5/c1-2-13-34-19-10-7-16(8-11-19)25(33)35-22-12-9-18(26)14-17(22)15-28-30-24(32)23(31)29-21-6-4-3-5-20(21)27/h3-12,14-15H,2,13H2,1H3,(H,29,31)(H,30,32)/b28-15-. The first-order valence-corrected chi connectivity index (χ1v) is 11.7. The van der Waals surface area contributed by atoms with Crippen LogP contribution in [0.15, 0.2) is 76.3 Å². The van der Waals surface area contributed by atoms with Crippen molar-refractivity contribution in [3.63, 3.8) is 0 Å². The van der Waals surface area contributed by atoms with Crippen molar-refractivity contribution in [3.8, 4) is 11.5 Å². The van der Waals surface area contributed by atoms with Crippen LogP contribution in [-0.2, 0) is 9.59 Å². The Bertz CT molecular complexity index is 1250. The molecule has 3 rings (SSSR count). The van der Waals surface area contributed by atoms with Crippen molar-refractivity contribution in [1.82, 2.24) is 5.43 Å². The Labute approximate surface area is 215 Å². The third-order valence-electron chi connectivity index (χ3n) is 4.44. The van der Waals surface area contributed by atoms with Crippen LogP contribution in [0.5, 0.6) is 11.5 Å². The largest absolute Gasteiger partial charge is 0.494 e. The molecule has 0 saturated carbocycles. The predicted molar refractivity (Wildman–Crippen MR) is 137 cm³/mol. The molecule has 0 spiro atoms. The summed E-state index contributed by atoms with van der Waals surface area (Å²) in [6.45, 7) is 2.59. The van der Waals surface area contributed by atoms with Gasteiger partial charge in [0.25, 0.3) is 0 Å². The highest BCUT2D eigenvalue weighted by molar-refractivity contribution is 9.10. The van der Waals surface area contributed by atoms with Crippen LogP contribution in [0.4, 0.5) is 5.69 Å². The number of rotatable bonds is 8. The maximum absolute atomic E-state index is 12.6. The summed E-state index contributed by atoms with van der Waals surface area (Å²) in [5.74, 6) is -1.65. The molecular weight excluding hydrogens is 538 g/mol. The number of benzene rings is 3. The van der Waals surface area contributed by atoms with Crippen LogP contribution >= 0.6 is 27.5 Å². The van der Waals surface area contributed by atoms with Crippen molar-refractivity contribution < 1.29 is 23.9 Å². The molecule has 0 aliphatic rings. The maximum Gasteiger partial charge on any atom is 0.343 e. The fourth-order valence-electron chi connectivity index (χ4n) is 2.73. The lowest BCUT2D eigenvalue weighted by molar-refractivity contribution is -0.136. The van der Waals surface area contributed by atoms with Gasteiger partial charge in [-0.05, 0) is 61.0 Å². The zero-order valence-corrected chi connectivity index (χ0v) is 20.9. The fraction of sp³-hybridized carbons (Fsp3) is 0.120. The number of carbonyl (C=O) groups excluding carboxylic acids is 3. The quantitative estimate of drug-likeness (QED) is 0.130. The van der Waals surface area contributed by atoms with Crippen LogP contribution in [-0.4, -0.2) is 30.6 Å². The number of ether oxygens (including phenoxy) is 2. The molecule has 0 aromatic heterocycles. The number of esters is 1. The molecular formula is C25H21BrClN3O5. The Morgan fingerprint density at radius 3 is 2.49 bits per heavy atom. The summed E-state index contributed by atoms with van der Waals surface area (Å²) in [5.41, 5.74) is 3.16. The highest BCUT2D eigenvalue weighted by Gasteiger charge is 2.15. The van der Waals surface area contributed by atoms with Gasteiger partial charge in [-0.15, -0.1) is 0 Å². The van der Waals surface area contributed by atoms with E-state index in [9.17, 15) is 14.4 Å². The topological polar surface area (TPSA) is 106 Å². The van der Waals surface area contributed by atoms with Gasteiger partial charge < -0.3 is 14.8 Å². The van der Waals surface area contributed by atoms with E-state index < -0.39 is 17.8 Å². The molecule has 0 aliphatic carbocycles. The van der Waals surface area contributed by atoms with E-state index >= 15 is 0 Å². The monoisotopic (exact) mass is 557 g/mol. The van der Waals surface area contributed by atoms with Crippen molar-refractivity contribution in [2.24, 2.45) is 5.10 Å². The van der Waals surface area contributed by atoms with Crippen molar-refractivity contribution in [2.75, 3.05) is 11.9 Å². The Kier molecular flexibility index (Phi) is 9.39. The smallest absolute Gasteiger partial charge is 0.343 e. The van der Waals surface area contributed by atoms with Crippen LogP contribution in [0.2, 0.25) is 5.02 Å². The Balaban J connectivity index is 1.64. The molecule has 2 N–H and O–H groups in total. The summed E-state index contributed by atoms with van der Waals surface area (Å²) in [6.07, 6.45) is 2.14. The third-order valence-corrected chi connectivity index (χ3v) is 5.26. The number of para-hydroxylation sites is 1. The van der Waals surface area contributed by atoms with E-state index in [0.29, 0.717) is 38.7 Å². The summed E-state index contributed by atoms with van der Waals surface area (Å²) in [7, 11) is 0. The van der Waals surface area contributed by atoms with Gasteiger partial charge in [0, 0.05) is 10.0 Å². The van der Waals surface area contributed by atoms with Crippen molar-refractivity contribution in [3.05, 3.63) is 87.4 Å². The van der Waals surface area contributed by atoms with Gasteiger partial charge in [0.15, 0.2) is 0 Å². The highest BCUT2D eigenvalue weighted by atomic mass is 79.9. The second-order valence-electron chi connectivity index (χ2n) is 7.08. The Morgan fingerprint density at radius 2 is 1.77 bits per heavy atom. The summed E-state index contributed by atoms with van der Waals surface area (Å²) < 4.78 is 11.7. The lowest BCUT2D eigenvalue weighted by Crippen LogP contribution is -2.32. The van der Waals surface area contributed by atoms with Gasteiger partial charge in [-0.3, -0.25) is 9.59 Å². The normalized spacial score (nSPS) is 10.6. The molecule has 0 atom stereocenters. The number of hydrogen-bond acceptors (Lipinski definition) is 6. The number of hydrogen-bond donors (Lipinski definition) is 2. The summed E-state index contributed by atoms with van der Waals surface area (Å²) >= 11 is 9.32. The minimum Gasteiger partial charge on any atom is -0.494 e. The first kappa shape index (κ1) is 25.9. The van der Waals surface area contributed by atoms with Gasteiger partial charge in [0.05, 0.1) is 29.1 Å². The minimum atomic E-state index is -1.000. The van der Waals surface area contributed by atoms with Gasteiger partial charge in [-0.25, -0.2) is 10.2 Å². The Hall–Kier alpha value is -3.69. The molecule has 0 fully saturated rings. The second kappa shape index (κ2) is 12.7. The summed E-state index contributed by atoms with van der Waals surface area (Å²) in [6, 6.07) is 18.0. The van der Waals surface area contributed by atoms with Gasteiger partial charge in [-0.1, -0.05) is 46.6 Å². The number of carbonyl (C=O) groups is 3. The number of nitrogens with one attached hydrogen (secondary N) is 2. The zero-order valence-electron chi connectivity index (χ0n) is 18.6. The van der Waals surface area contributed by atoms with Crippen molar-refractivity contribution in [2.45, 2.75) is 13.3 Å². The molecule has 0 radical (unpaired) electrons. The van der Waals surface area contributed by atoms with Gasteiger partial charge in [0.1, 0.15) is 11.5 Å². The molecule has 3 aromatic rings. The lowest BCUT2D eigenvalue weighted by Gasteiger charge is -2.09. The van der Waals surface area contributed by atoms with E-state index in [2.05, 4.69) is 31.8 Å². The number of amides is 2. The minimum absolute atomic E-state index is 0.211.